The van der Waals surface area contributed by atoms with Crippen LogP contribution in [0.3, 0.4) is 0 Å². The van der Waals surface area contributed by atoms with Crippen LogP contribution < -0.4 is 0 Å². The Bertz CT molecular complexity index is 2550. The van der Waals surface area contributed by atoms with Gasteiger partial charge < -0.3 is 33.8 Å². The molecule has 0 aliphatic carbocycles. The lowest BCUT2D eigenvalue weighted by molar-refractivity contribution is -0.160. The summed E-state index contributed by atoms with van der Waals surface area (Å²) in [5.74, 6) is -2.49. The van der Waals surface area contributed by atoms with Crippen molar-refractivity contribution in [2.45, 2.75) is 303 Å². The summed E-state index contributed by atoms with van der Waals surface area (Å²) in [4.78, 5) is 72.8. The Balaban J connectivity index is 5.49. The number of hydrogen-bond donors (Lipinski definition) is 3. The molecule has 3 N–H and O–H groups in total. The maximum Gasteiger partial charge on any atom is 0.472 e. The van der Waals surface area contributed by atoms with Crippen LogP contribution in [-0.4, -0.2) is 96.7 Å². The second-order valence-corrected chi connectivity index (χ2v) is 28.1. The molecule has 0 amide bonds. The van der Waals surface area contributed by atoms with Gasteiger partial charge in [-0.25, -0.2) is 9.13 Å². The number of carbonyl (C=O) groups is 4. The van der Waals surface area contributed by atoms with Crippen LogP contribution in [0.2, 0.25) is 0 Å². The van der Waals surface area contributed by atoms with Crippen LogP contribution in [0, 0.1) is 0 Å². The van der Waals surface area contributed by atoms with Crippen LogP contribution in [-0.2, 0) is 65.4 Å². The topological polar surface area (TPSA) is 237 Å². The van der Waals surface area contributed by atoms with Gasteiger partial charge in [-0.15, -0.1) is 0 Å². The molecule has 0 aliphatic heterocycles. The third-order valence-electron chi connectivity index (χ3n) is 15.6. The van der Waals surface area contributed by atoms with Gasteiger partial charge in [-0.05, 0) is 116 Å². The Labute approximate surface area is 617 Å². The fraction of sp³-hybridized carbons (Fsp3) is 0.639. The molecular weight excluding hydrogens is 1330 g/mol. The second-order valence-electron chi connectivity index (χ2n) is 25.2. The van der Waals surface area contributed by atoms with E-state index in [-0.39, 0.29) is 25.7 Å². The van der Waals surface area contributed by atoms with Gasteiger partial charge in [0.25, 0.3) is 0 Å². The molecule has 0 fully saturated rings. The molecule has 0 aromatic rings. The largest absolute Gasteiger partial charge is 0.472 e. The Kier molecular flexibility index (Phi) is 70.1. The summed E-state index contributed by atoms with van der Waals surface area (Å²) < 4.78 is 68.2. The summed E-state index contributed by atoms with van der Waals surface area (Å²) in [5.41, 5.74) is 0. The molecule has 0 aromatic heterocycles. The molecule has 5 atom stereocenters. The standard InChI is InChI=1S/C83H136O17P2/c1-5-9-13-17-21-25-29-33-36-37-38-39-42-45-48-52-56-60-64-68-81(86)94-74-79(100-83(88)70-66-62-58-54-50-46-41-35-31-27-23-19-15-11-7-3)76-98-102(91,92)96-72-77(84)71-95-101(89,90)97-75-78(99-82(87)69-65-61-57-53-49-43-32-28-24-20-16-12-8-4)73-93-80(85)67-63-59-55-51-47-44-40-34-30-26-22-18-14-10-6-2/h10-11,14-15,21-23,25-27,33-36,38-41,47,50-51,54,59,62-63,66,77-79,84H,5-9,12-13,16-20,24,28-32,37,42-46,48-49,52-53,55-58,60-61,64-65,67-76H2,1-4H3,(H,89,90)(H,91,92)/b14-10-,15-11-,25-21-,26-22-,27-23-,36-33-,39-38-,40-34-,41-35-,51-47-,54-50-,63-59-,66-62-. The van der Waals surface area contributed by atoms with Gasteiger partial charge in [-0.2, -0.15) is 0 Å². The number of carbonyl (C=O) groups excluding carboxylic acids is 4. The molecule has 0 saturated carbocycles. The van der Waals surface area contributed by atoms with Gasteiger partial charge in [0.05, 0.1) is 39.3 Å². The van der Waals surface area contributed by atoms with E-state index in [1.165, 1.54) is 70.6 Å². The summed E-state index contributed by atoms with van der Waals surface area (Å²) in [6.07, 6.45) is 85.8. The quantitative estimate of drug-likeness (QED) is 0.0169. The summed E-state index contributed by atoms with van der Waals surface area (Å²) in [6.45, 7) is 4.36. The van der Waals surface area contributed by atoms with E-state index in [1.54, 1.807) is 18.2 Å². The Hall–Kier alpha value is -5.32. The minimum atomic E-state index is -5.01. The van der Waals surface area contributed by atoms with Crippen LogP contribution in [0.5, 0.6) is 0 Å². The third kappa shape index (κ3) is 73.0. The molecule has 0 bridgehead atoms. The fourth-order valence-corrected chi connectivity index (χ4v) is 11.3. The number of unbranched alkanes of at least 4 members (excludes halogenated alkanes) is 21. The highest BCUT2D eigenvalue weighted by Gasteiger charge is 2.30. The molecule has 0 spiro atoms. The first kappa shape index (κ1) is 96.7. The predicted octanol–water partition coefficient (Wildman–Crippen LogP) is 22.4. The lowest BCUT2D eigenvalue weighted by Gasteiger charge is -2.21. The van der Waals surface area contributed by atoms with Crippen molar-refractivity contribution in [2.75, 3.05) is 39.6 Å². The Morgan fingerprint density at radius 3 is 0.931 bits per heavy atom. The molecule has 0 radical (unpaired) electrons. The smallest absolute Gasteiger partial charge is 0.462 e. The molecule has 0 saturated heterocycles. The molecule has 0 heterocycles. The third-order valence-corrected chi connectivity index (χ3v) is 17.5. The minimum Gasteiger partial charge on any atom is -0.462 e. The molecule has 5 unspecified atom stereocenters. The van der Waals surface area contributed by atoms with E-state index in [2.05, 4.69) is 137 Å². The van der Waals surface area contributed by atoms with E-state index >= 15 is 0 Å². The molecule has 17 nitrogen and oxygen atoms in total. The van der Waals surface area contributed by atoms with Crippen molar-refractivity contribution in [2.24, 2.45) is 0 Å². The molecule has 0 aliphatic rings. The van der Waals surface area contributed by atoms with Crippen LogP contribution in [0.1, 0.15) is 285 Å². The zero-order chi connectivity index (χ0) is 74.6. The van der Waals surface area contributed by atoms with Gasteiger partial charge in [0, 0.05) is 12.8 Å². The van der Waals surface area contributed by atoms with Gasteiger partial charge in [-0.1, -0.05) is 301 Å². The summed E-state index contributed by atoms with van der Waals surface area (Å²) >= 11 is 0. The highest BCUT2D eigenvalue weighted by molar-refractivity contribution is 7.47. The number of allylic oxidation sites excluding steroid dienone is 24. The number of rotatable bonds is 71. The number of hydrogen-bond acceptors (Lipinski definition) is 15. The number of esters is 4. The lowest BCUT2D eigenvalue weighted by atomic mass is 10.0. The van der Waals surface area contributed by atoms with Crippen LogP contribution in [0.15, 0.2) is 158 Å². The molecule has 0 aromatic carbocycles. The zero-order valence-corrected chi connectivity index (χ0v) is 65.0. The van der Waals surface area contributed by atoms with Crippen molar-refractivity contribution in [1.29, 1.82) is 0 Å². The van der Waals surface area contributed by atoms with Crippen molar-refractivity contribution in [3.8, 4) is 0 Å². The van der Waals surface area contributed by atoms with Crippen molar-refractivity contribution in [3.05, 3.63) is 158 Å². The average Bonchev–Trinajstić information content (AvgIpc) is 0.909. The zero-order valence-electron chi connectivity index (χ0n) is 63.2. The van der Waals surface area contributed by atoms with Crippen molar-refractivity contribution < 1.29 is 80.2 Å². The molecule has 19 heteroatoms. The summed E-state index contributed by atoms with van der Waals surface area (Å²) in [6, 6.07) is 0. The van der Waals surface area contributed by atoms with Gasteiger partial charge >= 0.3 is 39.5 Å². The minimum absolute atomic E-state index is 0.0712. The first-order valence-corrected chi connectivity index (χ1v) is 41.7. The number of aliphatic hydroxyl groups is 1. The predicted molar refractivity (Wildman–Crippen MR) is 417 cm³/mol. The van der Waals surface area contributed by atoms with Crippen LogP contribution in [0.4, 0.5) is 0 Å². The van der Waals surface area contributed by atoms with E-state index < -0.39 is 97.5 Å². The van der Waals surface area contributed by atoms with Crippen LogP contribution >= 0.6 is 15.6 Å². The van der Waals surface area contributed by atoms with E-state index in [4.69, 9.17) is 37.0 Å². The second kappa shape index (κ2) is 74.0. The normalized spacial score (nSPS) is 14.8. The Morgan fingerprint density at radius 2 is 0.559 bits per heavy atom. The number of ether oxygens (including phenoxy) is 4. The SMILES string of the molecule is CC/C=C\C/C=C\C/C=C\C/C=C\C/C=C\CC(=O)OCC(COP(=O)(O)OCC(O)COP(=O)(O)OCC(COC(=O)CCCCCCCC/C=C\C/C=C\C/C=C\CCCCC)OC(=O)C/C=C\C/C=C\C/C=C\C/C=C\C/C=C\CC)OC(=O)CCCCCCCCCCCCCCC. The Morgan fingerprint density at radius 1 is 0.294 bits per heavy atom. The average molecular weight is 1470 g/mol. The highest BCUT2D eigenvalue weighted by atomic mass is 31.2. The maximum atomic E-state index is 13.1. The molecular formula is C83H136O17P2. The summed E-state index contributed by atoms with van der Waals surface area (Å²) in [7, 11) is -10.0. The van der Waals surface area contributed by atoms with E-state index in [0.717, 1.165) is 135 Å². The summed E-state index contributed by atoms with van der Waals surface area (Å²) in [5, 5.41) is 10.6. The first-order chi connectivity index (χ1) is 49.7. The van der Waals surface area contributed by atoms with Gasteiger partial charge in [-0.3, -0.25) is 37.3 Å². The van der Waals surface area contributed by atoms with Crippen molar-refractivity contribution in [3.63, 3.8) is 0 Å². The maximum absolute atomic E-state index is 13.1. The van der Waals surface area contributed by atoms with E-state index in [1.807, 2.05) is 30.4 Å². The number of aliphatic hydroxyl groups excluding tert-OH is 1. The molecule has 102 heavy (non-hydrogen) atoms. The number of phosphoric ester groups is 2. The molecule has 0 rings (SSSR count). The van der Waals surface area contributed by atoms with Crippen molar-refractivity contribution >= 4 is 39.5 Å². The van der Waals surface area contributed by atoms with Crippen LogP contribution in [0.25, 0.3) is 0 Å². The van der Waals surface area contributed by atoms with Crippen molar-refractivity contribution in [1.82, 2.24) is 0 Å². The highest BCUT2D eigenvalue weighted by Crippen LogP contribution is 2.45. The number of phosphoric acid groups is 2. The van der Waals surface area contributed by atoms with Gasteiger partial charge in [0.2, 0.25) is 0 Å². The van der Waals surface area contributed by atoms with Gasteiger partial charge in [0.15, 0.2) is 12.2 Å². The fourth-order valence-electron chi connectivity index (χ4n) is 9.73. The monoisotopic (exact) mass is 1470 g/mol. The van der Waals surface area contributed by atoms with E-state index in [9.17, 15) is 43.2 Å². The lowest BCUT2D eigenvalue weighted by Crippen LogP contribution is -2.30. The first-order valence-electron chi connectivity index (χ1n) is 38.7. The van der Waals surface area contributed by atoms with Gasteiger partial charge in [0.1, 0.15) is 19.3 Å². The molecule has 580 valence electrons. The van der Waals surface area contributed by atoms with E-state index in [0.29, 0.717) is 25.7 Å².